The second-order valence-electron chi connectivity index (χ2n) is 10.3. The molecule has 0 aromatic carbocycles. The maximum atomic E-state index is 13.9. The van der Waals surface area contributed by atoms with Gasteiger partial charge in [-0.1, -0.05) is 31.9 Å². The number of ether oxygens (including phenoxy) is 3. The van der Waals surface area contributed by atoms with Crippen LogP contribution in [0.2, 0.25) is 5.02 Å². The first kappa shape index (κ1) is 29.6. The van der Waals surface area contributed by atoms with E-state index in [1.54, 1.807) is 17.2 Å². The molecule has 3 aromatic rings. The molecule has 4 rings (SSSR count). The zero-order valence-electron chi connectivity index (χ0n) is 23.9. The minimum Gasteiger partial charge on any atom is -0.461 e. The molecule has 0 aliphatic carbocycles. The number of urea groups is 1. The van der Waals surface area contributed by atoms with Gasteiger partial charge in [0.2, 0.25) is 0 Å². The molecule has 2 amide bonds. The molecule has 2 atom stereocenters. The van der Waals surface area contributed by atoms with Crippen molar-refractivity contribution in [1.29, 1.82) is 0 Å². The molecule has 10 nitrogen and oxygen atoms in total. The van der Waals surface area contributed by atoms with E-state index in [-0.39, 0.29) is 30.8 Å². The third-order valence-electron chi connectivity index (χ3n) is 6.55. The van der Waals surface area contributed by atoms with E-state index in [0.717, 1.165) is 36.1 Å². The molecule has 0 spiro atoms. The lowest BCUT2D eigenvalue weighted by molar-refractivity contribution is -0.141. The summed E-state index contributed by atoms with van der Waals surface area (Å²) in [6, 6.07) is 6.94. The molecular weight excluding hydrogens is 532 g/mol. The Balaban J connectivity index is 1.60. The van der Waals surface area contributed by atoms with Gasteiger partial charge in [-0.15, -0.1) is 0 Å². The van der Waals surface area contributed by atoms with E-state index in [9.17, 15) is 4.79 Å². The van der Waals surface area contributed by atoms with Crippen LogP contribution in [0, 0.1) is 13.8 Å². The van der Waals surface area contributed by atoms with Crippen molar-refractivity contribution < 1.29 is 19.0 Å². The number of aryl methyl sites for hydroxylation is 2. The van der Waals surface area contributed by atoms with Crippen LogP contribution in [0.25, 0.3) is 11.3 Å². The smallest absolute Gasteiger partial charge is 0.328 e. The van der Waals surface area contributed by atoms with Crippen molar-refractivity contribution in [3.8, 4) is 17.3 Å². The van der Waals surface area contributed by atoms with Crippen LogP contribution in [-0.4, -0.2) is 57.1 Å². The number of hydrogen-bond acceptors (Lipinski definition) is 8. The monoisotopic (exact) mass is 568 g/mol. The number of amides is 2. The molecule has 40 heavy (non-hydrogen) atoms. The van der Waals surface area contributed by atoms with Crippen molar-refractivity contribution >= 4 is 29.3 Å². The van der Waals surface area contributed by atoms with E-state index in [1.165, 1.54) is 6.20 Å². The lowest BCUT2D eigenvalue weighted by atomic mass is 10.1. The molecule has 1 aliphatic heterocycles. The summed E-state index contributed by atoms with van der Waals surface area (Å²) in [5, 5.41) is 3.43. The average Bonchev–Trinajstić information content (AvgIpc) is 3.26. The van der Waals surface area contributed by atoms with E-state index in [4.69, 9.17) is 30.8 Å². The molecule has 11 heteroatoms. The van der Waals surface area contributed by atoms with Gasteiger partial charge in [-0.2, -0.15) is 4.98 Å². The summed E-state index contributed by atoms with van der Waals surface area (Å²) < 4.78 is 17.1. The van der Waals surface area contributed by atoms with Gasteiger partial charge in [0.25, 0.3) is 0 Å². The maximum Gasteiger partial charge on any atom is 0.328 e. The summed E-state index contributed by atoms with van der Waals surface area (Å²) in [6.45, 7) is 12.3. The Bertz CT molecular complexity index is 1340. The number of anilines is 2. The fraction of sp³-hybridized carbons (Fsp3) is 0.483. The number of aromatic nitrogens is 4. The third-order valence-corrected chi connectivity index (χ3v) is 6.84. The Labute approximate surface area is 240 Å². The zero-order valence-corrected chi connectivity index (χ0v) is 24.7. The number of carbonyl (C=O) groups excluding carboxylic acids is 1. The molecular formula is C29H37ClN6O4. The molecule has 1 N–H and O–H groups in total. The summed E-state index contributed by atoms with van der Waals surface area (Å²) in [5.74, 6) is 0.205. The minimum absolute atomic E-state index is 0.0928. The number of carbonyl (C=O) groups is 1. The predicted octanol–water partition coefficient (Wildman–Crippen LogP) is 6.35. The predicted molar refractivity (Wildman–Crippen MR) is 155 cm³/mol. The Hall–Kier alpha value is -3.34. The van der Waals surface area contributed by atoms with Crippen molar-refractivity contribution in [3.63, 3.8) is 0 Å². The quantitative estimate of drug-likeness (QED) is 0.301. The number of nitrogens with zero attached hydrogens (tertiary/aromatic N) is 5. The van der Waals surface area contributed by atoms with Gasteiger partial charge in [-0.25, -0.2) is 14.8 Å². The molecule has 0 bridgehead atoms. The highest BCUT2D eigenvalue weighted by atomic mass is 35.5. The van der Waals surface area contributed by atoms with Gasteiger partial charge in [0.05, 0.1) is 17.3 Å². The number of hydrogen-bond donors (Lipinski definition) is 1. The number of rotatable bonds is 10. The first-order valence-electron chi connectivity index (χ1n) is 13.6. The molecule has 3 aromatic heterocycles. The minimum atomic E-state index is -0.646. The molecule has 0 unspecified atom stereocenters. The molecule has 4 heterocycles. The van der Waals surface area contributed by atoms with Crippen molar-refractivity contribution in [1.82, 2.24) is 19.9 Å². The Morgan fingerprint density at radius 2 is 1.98 bits per heavy atom. The van der Waals surface area contributed by atoms with E-state index >= 15 is 0 Å². The average molecular weight is 569 g/mol. The molecule has 0 saturated carbocycles. The van der Waals surface area contributed by atoms with Crippen LogP contribution in [0.5, 0.6) is 6.01 Å². The second kappa shape index (κ2) is 12.9. The number of halogens is 1. The van der Waals surface area contributed by atoms with Crippen LogP contribution in [0.15, 0.2) is 36.7 Å². The molecule has 1 aliphatic rings. The Morgan fingerprint density at radius 1 is 1.20 bits per heavy atom. The van der Waals surface area contributed by atoms with Crippen LogP contribution in [0.1, 0.15) is 58.2 Å². The van der Waals surface area contributed by atoms with E-state index in [1.807, 2.05) is 45.9 Å². The van der Waals surface area contributed by atoms with Gasteiger partial charge < -0.3 is 14.2 Å². The Morgan fingerprint density at radius 3 is 2.65 bits per heavy atom. The lowest BCUT2D eigenvalue weighted by Gasteiger charge is -2.31. The summed E-state index contributed by atoms with van der Waals surface area (Å²) in [5.41, 5.74) is 3.07. The van der Waals surface area contributed by atoms with E-state index < -0.39 is 5.79 Å². The van der Waals surface area contributed by atoms with Crippen molar-refractivity contribution in [2.45, 2.75) is 78.7 Å². The topological polar surface area (TPSA) is 112 Å². The first-order chi connectivity index (χ1) is 19.1. The van der Waals surface area contributed by atoms with E-state index in [0.29, 0.717) is 29.0 Å². The highest BCUT2D eigenvalue weighted by Gasteiger charge is 2.33. The van der Waals surface area contributed by atoms with E-state index in [2.05, 4.69) is 34.1 Å². The van der Waals surface area contributed by atoms with Gasteiger partial charge in [0, 0.05) is 29.7 Å². The molecule has 214 valence electrons. The van der Waals surface area contributed by atoms with Gasteiger partial charge in [-0.05, 0) is 70.4 Å². The van der Waals surface area contributed by atoms with Crippen molar-refractivity contribution in [2.24, 2.45) is 0 Å². The summed E-state index contributed by atoms with van der Waals surface area (Å²) in [6.07, 6.45) is 5.48. The summed E-state index contributed by atoms with van der Waals surface area (Å²) >= 11 is 6.64. The Kier molecular flexibility index (Phi) is 9.55. The van der Waals surface area contributed by atoms with Crippen LogP contribution >= 0.6 is 11.6 Å². The summed E-state index contributed by atoms with van der Waals surface area (Å²) in [7, 11) is 0. The number of pyridine rings is 2. The van der Waals surface area contributed by atoms with Gasteiger partial charge >= 0.3 is 12.0 Å². The standard InChI is InChI=1S/C29H37ClN6O4/c1-7-9-21(8-2)36(26-18(3)14-23(30)25(35-26)20-10-12-31-19(4)15-20)28(37)34-24-11-13-32-27(33-24)38-16-22-17-39-29(5,6)40-22/h10-15,21-22H,7-9,16-17H2,1-6H3,(H,32,33,34,37)/t21-,22-/m1/s1. The summed E-state index contributed by atoms with van der Waals surface area (Å²) in [4.78, 5) is 33.4. The van der Waals surface area contributed by atoms with Crippen LogP contribution in [-0.2, 0) is 9.47 Å². The van der Waals surface area contributed by atoms with Crippen LogP contribution < -0.4 is 15.0 Å². The molecule has 0 radical (unpaired) electrons. The van der Waals surface area contributed by atoms with Gasteiger partial charge in [-0.3, -0.25) is 15.2 Å². The zero-order chi connectivity index (χ0) is 28.9. The van der Waals surface area contributed by atoms with Crippen molar-refractivity contribution in [2.75, 3.05) is 23.4 Å². The SMILES string of the molecule is CCC[C@@H](CC)N(C(=O)Nc1ccnc(OC[C@@H]2COC(C)(C)O2)n1)c1nc(-c2ccnc(C)c2)c(Cl)cc1C. The fourth-order valence-electron chi connectivity index (χ4n) is 4.66. The van der Waals surface area contributed by atoms with Gasteiger partial charge in [0.1, 0.15) is 24.3 Å². The largest absolute Gasteiger partial charge is 0.461 e. The van der Waals surface area contributed by atoms with Crippen LogP contribution in [0.3, 0.4) is 0 Å². The lowest BCUT2D eigenvalue weighted by Crippen LogP contribution is -2.44. The molecule has 1 saturated heterocycles. The van der Waals surface area contributed by atoms with Crippen LogP contribution in [0.4, 0.5) is 16.4 Å². The number of nitrogens with one attached hydrogen (secondary N) is 1. The third kappa shape index (κ3) is 7.24. The maximum absolute atomic E-state index is 13.9. The highest BCUT2D eigenvalue weighted by molar-refractivity contribution is 6.33. The van der Waals surface area contributed by atoms with Crippen molar-refractivity contribution in [3.05, 3.63) is 52.9 Å². The highest BCUT2D eigenvalue weighted by Crippen LogP contribution is 2.33. The normalized spacial score (nSPS) is 16.9. The second-order valence-corrected chi connectivity index (χ2v) is 10.7. The molecule has 1 fully saturated rings. The fourth-order valence-corrected chi connectivity index (χ4v) is 4.97. The van der Waals surface area contributed by atoms with Gasteiger partial charge in [0.15, 0.2) is 5.79 Å². The first-order valence-corrected chi connectivity index (χ1v) is 14.0.